The Morgan fingerprint density at radius 1 is 1.31 bits per heavy atom. The zero-order chi connectivity index (χ0) is 12.2. The zero-order valence-corrected chi connectivity index (χ0v) is 10.9. The van der Waals surface area contributed by atoms with Crippen molar-refractivity contribution in [2.24, 2.45) is 11.3 Å². The Balaban J connectivity index is 2.40. The first-order chi connectivity index (χ1) is 7.47. The summed E-state index contributed by atoms with van der Waals surface area (Å²) in [6.07, 6.45) is 5.23. The summed E-state index contributed by atoms with van der Waals surface area (Å²) < 4.78 is 10.6. The topological polar surface area (TPSA) is 35.5 Å². The molecule has 1 fully saturated rings. The molecule has 0 amide bonds. The SMILES string of the molecule is COC(=O)C(C)(C)COC1CCCCC1C. The number of hydrogen-bond acceptors (Lipinski definition) is 3. The van der Waals surface area contributed by atoms with Gasteiger partial charge < -0.3 is 9.47 Å². The summed E-state index contributed by atoms with van der Waals surface area (Å²) in [6, 6.07) is 0. The van der Waals surface area contributed by atoms with E-state index in [2.05, 4.69) is 6.92 Å². The summed E-state index contributed by atoms with van der Waals surface area (Å²) in [7, 11) is 1.42. The molecule has 0 bridgehead atoms. The largest absolute Gasteiger partial charge is 0.469 e. The quantitative estimate of drug-likeness (QED) is 0.694. The number of carbonyl (C=O) groups excluding carboxylic acids is 1. The predicted molar refractivity (Wildman–Crippen MR) is 63.2 cm³/mol. The van der Waals surface area contributed by atoms with E-state index in [1.54, 1.807) is 0 Å². The van der Waals surface area contributed by atoms with Crippen molar-refractivity contribution in [3.05, 3.63) is 0 Å². The van der Waals surface area contributed by atoms with Crippen LogP contribution < -0.4 is 0 Å². The van der Waals surface area contributed by atoms with E-state index in [0.29, 0.717) is 18.6 Å². The van der Waals surface area contributed by atoms with E-state index in [0.717, 1.165) is 6.42 Å². The van der Waals surface area contributed by atoms with Crippen LogP contribution in [0.1, 0.15) is 46.5 Å². The van der Waals surface area contributed by atoms with Gasteiger partial charge in [0.15, 0.2) is 0 Å². The van der Waals surface area contributed by atoms with Crippen molar-refractivity contribution >= 4 is 5.97 Å². The van der Waals surface area contributed by atoms with Gasteiger partial charge >= 0.3 is 5.97 Å². The Morgan fingerprint density at radius 2 is 1.94 bits per heavy atom. The summed E-state index contributed by atoms with van der Waals surface area (Å²) in [6.45, 7) is 6.42. The number of methoxy groups -OCH3 is 1. The lowest BCUT2D eigenvalue weighted by Gasteiger charge is -2.31. The van der Waals surface area contributed by atoms with Crippen molar-refractivity contribution in [1.29, 1.82) is 0 Å². The van der Waals surface area contributed by atoms with Crippen molar-refractivity contribution in [2.45, 2.75) is 52.6 Å². The third-order valence-electron chi connectivity index (χ3n) is 3.43. The van der Waals surface area contributed by atoms with Crippen molar-refractivity contribution in [3.63, 3.8) is 0 Å². The molecule has 0 aliphatic heterocycles. The van der Waals surface area contributed by atoms with Gasteiger partial charge in [-0.2, -0.15) is 0 Å². The van der Waals surface area contributed by atoms with Crippen LogP contribution in [0.2, 0.25) is 0 Å². The lowest BCUT2D eigenvalue weighted by Crippen LogP contribution is -2.35. The average Bonchev–Trinajstić information content (AvgIpc) is 2.27. The second-order valence-corrected chi connectivity index (χ2v) is 5.49. The van der Waals surface area contributed by atoms with Gasteiger partial charge in [0.05, 0.1) is 25.2 Å². The molecule has 0 heterocycles. The second kappa shape index (κ2) is 5.67. The summed E-state index contributed by atoms with van der Waals surface area (Å²) >= 11 is 0. The zero-order valence-electron chi connectivity index (χ0n) is 10.9. The molecule has 0 radical (unpaired) electrons. The predicted octanol–water partition coefficient (Wildman–Crippen LogP) is 2.78. The van der Waals surface area contributed by atoms with Gasteiger partial charge in [0, 0.05) is 0 Å². The van der Waals surface area contributed by atoms with Crippen molar-refractivity contribution < 1.29 is 14.3 Å². The van der Waals surface area contributed by atoms with Crippen molar-refractivity contribution in [2.75, 3.05) is 13.7 Å². The molecule has 2 unspecified atom stereocenters. The highest BCUT2D eigenvalue weighted by atomic mass is 16.5. The molecule has 1 saturated carbocycles. The molecule has 1 aliphatic carbocycles. The summed E-state index contributed by atoms with van der Waals surface area (Å²) in [5, 5.41) is 0. The molecule has 0 aromatic heterocycles. The molecule has 2 atom stereocenters. The Labute approximate surface area is 98.5 Å². The molecule has 0 aromatic carbocycles. The highest BCUT2D eigenvalue weighted by molar-refractivity contribution is 5.75. The third kappa shape index (κ3) is 3.48. The van der Waals surface area contributed by atoms with E-state index in [4.69, 9.17) is 9.47 Å². The van der Waals surface area contributed by atoms with E-state index in [9.17, 15) is 4.79 Å². The molecule has 16 heavy (non-hydrogen) atoms. The molecule has 1 rings (SSSR count). The number of esters is 1. The number of ether oxygens (including phenoxy) is 2. The number of rotatable bonds is 4. The Morgan fingerprint density at radius 3 is 2.50 bits per heavy atom. The maximum atomic E-state index is 11.5. The van der Waals surface area contributed by atoms with Crippen LogP contribution in [-0.2, 0) is 14.3 Å². The summed E-state index contributed by atoms with van der Waals surface area (Å²) in [5.41, 5.74) is -0.536. The monoisotopic (exact) mass is 228 g/mol. The van der Waals surface area contributed by atoms with E-state index in [1.807, 2.05) is 13.8 Å². The van der Waals surface area contributed by atoms with E-state index in [-0.39, 0.29) is 5.97 Å². The minimum absolute atomic E-state index is 0.198. The Hall–Kier alpha value is -0.570. The van der Waals surface area contributed by atoms with Crippen LogP contribution >= 0.6 is 0 Å². The minimum Gasteiger partial charge on any atom is -0.469 e. The first-order valence-electron chi connectivity index (χ1n) is 6.17. The van der Waals surface area contributed by atoms with Crippen molar-refractivity contribution in [1.82, 2.24) is 0 Å². The van der Waals surface area contributed by atoms with Crippen LogP contribution in [0, 0.1) is 11.3 Å². The molecule has 3 nitrogen and oxygen atoms in total. The van der Waals surface area contributed by atoms with Crippen LogP contribution in [-0.4, -0.2) is 25.8 Å². The van der Waals surface area contributed by atoms with Crippen LogP contribution in [0.3, 0.4) is 0 Å². The first-order valence-corrected chi connectivity index (χ1v) is 6.17. The van der Waals surface area contributed by atoms with Gasteiger partial charge in [-0.1, -0.05) is 19.8 Å². The lowest BCUT2D eigenvalue weighted by molar-refractivity contribution is -0.156. The van der Waals surface area contributed by atoms with Crippen molar-refractivity contribution in [3.8, 4) is 0 Å². The van der Waals surface area contributed by atoms with Crippen LogP contribution in [0.25, 0.3) is 0 Å². The standard InChI is InChI=1S/C13H24O3/c1-10-7-5-6-8-11(10)16-9-13(2,3)12(14)15-4/h10-11H,5-9H2,1-4H3. The maximum Gasteiger partial charge on any atom is 0.313 e. The van der Waals surface area contributed by atoms with Gasteiger partial charge in [0.1, 0.15) is 0 Å². The first kappa shape index (κ1) is 13.5. The van der Waals surface area contributed by atoms with Crippen LogP contribution in [0.5, 0.6) is 0 Å². The van der Waals surface area contributed by atoms with Gasteiger partial charge in [0.2, 0.25) is 0 Å². The number of hydrogen-bond donors (Lipinski definition) is 0. The second-order valence-electron chi connectivity index (χ2n) is 5.49. The number of carbonyl (C=O) groups is 1. The fourth-order valence-electron chi connectivity index (χ4n) is 2.18. The fraction of sp³-hybridized carbons (Fsp3) is 0.923. The van der Waals surface area contributed by atoms with Crippen LogP contribution in [0.4, 0.5) is 0 Å². The maximum absolute atomic E-state index is 11.5. The summed E-state index contributed by atoms with van der Waals surface area (Å²) in [4.78, 5) is 11.5. The third-order valence-corrected chi connectivity index (χ3v) is 3.43. The fourth-order valence-corrected chi connectivity index (χ4v) is 2.18. The van der Waals surface area contributed by atoms with Gasteiger partial charge in [0.25, 0.3) is 0 Å². The van der Waals surface area contributed by atoms with Gasteiger partial charge in [-0.25, -0.2) is 0 Å². The molecule has 1 aliphatic rings. The molecule has 94 valence electrons. The van der Waals surface area contributed by atoms with Crippen LogP contribution in [0.15, 0.2) is 0 Å². The Bertz CT molecular complexity index is 235. The normalized spacial score (nSPS) is 26.5. The molecular weight excluding hydrogens is 204 g/mol. The van der Waals surface area contributed by atoms with Gasteiger partial charge in [-0.05, 0) is 32.6 Å². The van der Waals surface area contributed by atoms with Gasteiger partial charge in [-0.15, -0.1) is 0 Å². The average molecular weight is 228 g/mol. The molecule has 0 N–H and O–H groups in total. The summed E-state index contributed by atoms with van der Waals surface area (Å²) in [5.74, 6) is 0.415. The molecule has 0 spiro atoms. The van der Waals surface area contributed by atoms with E-state index < -0.39 is 5.41 Å². The molecule has 0 aromatic rings. The minimum atomic E-state index is -0.536. The lowest BCUT2D eigenvalue weighted by atomic mass is 9.87. The molecule has 0 saturated heterocycles. The van der Waals surface area contributed by atoms with E-state index >= 15 is 0 Å². The highest BCUT2D eigenvalue weighted by Crippen LogP contribution is 2.28. The molecular formula is C13H24O3. The highest BCUT2D eigenvalue weighted by Gasteiger charge is 2.31. The smallest absolute Gasteiger partial charge is 0.313 e. The molecule has 3 heteroatoms. The Kier molecular flexibility index (Phi) is 4.78. The van der Waals surface area contributed by atoms with Gasteiger partial charge in [-0.3, -0.25) is 4.79 Å². The van der Waals surface area contributed by atoms with E-state index in [1.165, 1.54) is 26.4 Å².